The summed E-state index contributed by atoms with van der Waals surface area (Å²) in [5, 5.41) is 16.0. The number of aryl methyl sites for hydroxylation is 1. The molecule has 10 nitrogen and oxygen atoms in total. The molecule has 2 N–H and O–H groups in total. The van der Waals surface area contributed by atoms with Crippen molar-refractivity contribution in [3.8, 4) is 5.75 Å². The zero-order chi connectivity index (χ0) is 23.4. The molecule has 1 aromatic carbocycles. The highest BCUT2D eigenvalue weighted by molar-refractivity contribution is 6.02. The number of aromatic nitrogens is 2. The minimum absolute atomic E-state index is 0.0975. The summed E-state index contributed by atoms with van der Waals surface area (Å²) < 4.78 is 29.8. The average Bonchev–Trinajstić information content (AvgIpc) is 3.33. The lowest BCUT2D eigenvalue weighted by molar-refractivity contribution is -0.178. The summed E-state index contributed by atoms with van der Waals surface area (Å²) in [7, 11) is 1.38. The van der Waals surface area contributed by atoms with Gasteiger partial charge >= 0.3 is 0 Å². The fraction of sp³-hybridized carbons (Fsp3) is 0.455. The Morgan fingerprint density at radius 3 is 2.82 bits per heavy atom. The van der Waals surface area contributed by atoms with E-state index in [-0.39, 0.29) is 49.5 Å². The number of carbonyl (C=O) groups is 1. The van der Waals surface area contributed by atoms with Crippen LogP contribution >= 0.6 is 0 Å². The first-order valence-corrected chi connectivity index (χ1v) is 10.5. The molecule has 176 valence electrons. The second-order valence-electron chi connectivity index (χ2n) is 7.73. The fourth-order valence-electron chi connectivity index (χ4n) is 3.54. The topological polar surface area (TPSA) is 124 Å². The number of aliphatic hydroxyl groups excluding tert-OH is 1. The molecule has 0 saturated carbocycles. The maximum atomic E-state index is 13.6. The SMILES string of the molecule is COc1cc(CNC(=O)c2cc(C3=NO[C@@H]([C@H]4CO[C@H](CO)CO4)C3)nc(C)n2)ccc1F. The largest absolute Gasteiger partial charge is 0.494 e. The van der Waals surface area contributed by atoms with Crippen molar-refractivity contribution < 1.29 is 33.3 Å². The summed E-state index contributed by atoms with van der Waals surface area (Å²) >= 11 is 0. The lowest BCUT2D eigenvalue weighted by atomic mass is 10.0. The first kappa shape index (κ1) is 23.0. The van der Waals surface area contributed by atoms with E-state index >= 15 is 0 Å². The number of oxime groups is 1. The Morgan fingerprint density at radius 1 is 1.24 bits per heavy atom. The molecule has 11 heteroatoms. The number of nitrogens with zero attached hydrogens (tertiary/aromatic N) is 3. The number of nitrogens with one attached hydrogen (secondary N) is 1. The molecule has 1 fully saturated rings. The third-order valence-electron chi connectivity index (χ3n) is 5.34. The van der Waals surface area contributed by atoms with Gasteiger partial charge in [0, 0.05) is 13.0 Å². The van der Waals surface area contributed by atoms with E-state index in [9.17, 15) is 9.18 Å². The maximum Gasteiger partial charge on any atom is 0.270 e. The monoisotopic (exact) mass is 460 g/mol. The van der Waals surface area contributed by atoms with Gasteiger partial charge in [-0.1, -0.05) is 11.2 Å². The van der Waals surface area contributed by atoms with Gasteiger partial charge < -0.3 is 29.5 Å². The second kappa shape index (κ2) is 10.2. The highest BCUT2D eigenvalue weighted by Crippen LogP contribution is 2.23. The number of hydrogen-bond acceptors (Lipinski definition) is 9. The van der Waals surface area contributed by atoms with Crippen molar-refractivity contribution in [1.29, 1.82) is 0 Å². The smallest absolute Gasteiger partial charge is 0.270 e. The summed E-state index contributed by atoms with van der Waals surface area (Å²) in [6.07, 6.45) is -0.553. The standard InChI is InChI=1S/C22H25FN4O6/c1-12-25-16(17-7-20(33-27-17)21-11-31-14(9-28)10-32-21)6-18(26-12)22(29)24-8-13-3-4-15(23)19(5-13)30-2/h3-6,14,20-21,28H,7-11H2,1-2H3,(H,24,29)/t14-,20-,21-/m1/s1. The second-order valence-corrected chi connectivity index (χ2v) is 7.73. The van der Waals surface area contributed by atoms with Crippen molar-refractivity contribution in [2.24, 2.45) is 5.16 Å². The van der Waals surface area contributed by atoms with Crippen LogP contribution in [-0.2, 0) is 20.9 Å². The maximum absolute atomic E-state index is 13.6. The Bertz CT molecular complexity index is 1040. The van der Waals surface area contributed by atoms with Crippen molar-refractivity contribution in [1.82, 2.24) is 15.3 Å². The van der Waals surface area contributed by atoms with Crippen LogP contribution in [0.1, 0.15) is 34.0 Å². The number of benzene rings is 1. The van der Waals surface area contributed by atoms with Crippen molar-refractivity contribution in [2.75, 3.05) is 26.9 Å². The number of ether oxygens (including phenoxy) is 3. The van der Waals surface area contributed by atoms with Crippen LogP contribution in [0.25, 0.3) is 0 Å². The molecule has 0 aliphatic carbocycles. The van der Waals surface area contributed by atoms with Gasteiger partial charge in [0.25, 0.3) is 5.91 Å². The van der Waals surface area contributed by atoms with Gasteiger partial charge in [-0.3, -0.25) is 4.79 Å². The average molecular weight is 460 g/mol. The lowest BCUT2D eigenvalue weighted by Crippen LogP contribution is -2.43. The fourth-order valence-corrected chi connectivity index (χ4v) is 3.54. The third kappa shape index (κ3) is 5.44. The van der Waals surface area contributed by atoms with Crippen LogP contribution in [0.5, 0.6) is 5.75 Å². The number of amides is 1. The van der Waals surface area contributed by atoms with Gasteiger partial charge in [-0.05, 0) is 30.7 Å². The summed E-state index contributed by atoms with van der Waals surface area (Å²) in [6, 6.07) is 5.93. The normalized spacial score (nSPS) is 22.4. The molecule has 3 heterocycles. The molecule has 0 spiro atoms. The van der Waals surface area contributed by atoms with E-state index < -0.39 is 11.7 Å². The van der Waals surface area contributed by atoms with E-state index in [1.807, 2.05) is 0 Å². The zero-order valence-electron chi connectivity index (χ0n) is 18.3. The highest BCUT2D eigenvalue weighted by Gasteiger charge is 2.35. The Labute approximate surface area is 189 Å². The van der Waals surface area contributed by atoms with Crippen molar-refractivity contribution in [3.05, 3.63) is 52.9 Å². The van der Waals surface area contributed by atoms with E-state index in [4.69, 9.17) is 24.2 Å². The molecular formula is C22H25FN4O6. The van der Waals surface area contributed by atoms with E-state index in [0.717, 1.165) is 0 Å². The molecule has 0 unspecified atom stereocenters. The summed E-state index contributed by atoms with van der Waals surface area (Å²) in [4.78, 5) is 26.8. The first-order chi connectivity index (χ1) is 16.0. The van der Waals surface area contributed by atoms with Crippen molar-refractivity contribution >= 4 is 11.6 Å². The molecule has 3 atom stereocenters. The number of rotatable bonds is 7. The van der Waals surface area contributed by atoms with Crippen LogP contribution < -0.4 is 10.1 Å². The highest BCUT2D eigenvalue weighted by atomic mass is 19.1. The Morgan fingerprint density at radius 2 is 2.09 bits per heavy atom. The molecule has 1 amide bonds. The molecule has 0 radical (unpaired) electrons. The minimum Gasteiger partial charge on any atom is -0.494 e. The van der Waals surface area contributed by atoms with E-state index in [1.54, 1.807) is 19.1 Å². The molecular weight excluding hydrogens is 435 g/mol. The summed E-state index contributed by atoms with van der Waals surface area (Å²) in [5.74, 6) is -0.356. The number of carbonyl (C=O) groups excluding carboxylic acids is 1. The van der Waals surface area contributed by atoms with Crippen LogP contribution in [0.4, 0.5) is 4.39 Å². The van der Waals surface area contributed by atoms with Crippen molar-refractivity contribution in [2.45, 2.75) is 38.2 Å². The van der Waals surface area contributed by atoms with E-state index in [0.29, 0.717) is 35.8 Å². The Kier molecular flexibility index (Phi) is 7.11. The van der Waals surface area contributed by atoms with Crippen LogP contribution in [0, 0.1) is 12.7 Å². The van der Waals surface area contributed by atoms with Gasteiger partial charge in [-0.2, -0.15) is 0 Å². The molecule has 1 aromatic heterocycles. The summed E-state index contributed by atoms with van der Waals surface area (Å²) in [6.45, 7) is 2.34. The van der Waals surface area contributed by atoms with Crippen LogP contribution in [0.2, 0.25) is 0 Å². The molecule has 33 heavy (non-hydrogen) atoms. The van der Waals surface area contributed by atoms with E-state index in [2.05, 4.69) is 20.4 Å². The Hall–Kier alpha value is -3.15. The first-order valence-electron chi connectivity index (χ1n) is 10.5. The van der Waals surface area contributed by atoms with Gasteiger partial charge in [0.05, 0.1) is 32.6 Å². The molecule has 1 saturated heterocycles. The van der Waals surface area contributed by atoms with Crippen LogP contribution in [-0.4, -0.2) is 71.9 Å². The van der Waals surface area contributed by atoms with Crippen molar-refractivity contribution in [3.63, 3.8) is 0 Å². The van der Waals surface area contributed by atoms with Gasteiger partial charge in [-0.25, -0.2) is 14.4 Å². The quantitative estimate of drug-likeness (QED) is 0.630. The number of aliphatic hydroxyl groups is 1. The van der Waals surface area contributed by atoms with Gasteiger partial charge in [0.2, 0.25) is 0 Å². The Balaban J connectivity index is 1.39. The predicted octanol–water partition coefficient (Wildman–Crippen LogP) is 1.13. The molecule has 2 aliphatic heterocycles. The predicted molar refractivity (Wildman–Crippen MR) is 113 cm³/mol. The molecule has 2 aliphatic rings. The third-order valence-corrected chi connectivity index (χ3v) is 5.34. The molecule has 2 aromatic rings. The van der Waals surface area contributed by atoms with Gasteiger partial charge in [0.1, 0.15) is 29.4 Å². The van der Waals surface area contributed by atoms with Gasteiger partial charge in [-0.15, -0.1) is 0 Å². The minimum atomic E-state index is -0.472. The van der Waals surface area contributed by atoms with Crippen LogP contribution in [0.15, 0.2) is 29.4 Å². The summed E-state index contributed by atoms with van der Waals surface area (Å²) in [5.41, 5.74) is 1.93. The molecule has 0 bridgehead atoms. The number of halogens is 1. The van der Waals surface area contributed by atoms with E-state index in [1.165, 1.54) is 19.2 Å². The zero-order valence-corrected chi connectivity index (χ0v) is 18.3. The lowest BCUT2D eigenvalue weighted by Gasteiger charge is -2.30. The molecule has 4 rings (SSSR count). The van der Waals surface area contributed by atoms with Crippen LogP contribution in [0.3, 0.4) is 0 Å². The van der Waals surface area contributed by atoms with Gasteiger partial charge in [0.15, 0.2) is 17.7 Å². The number of methoxy groups -OCH3 is 1. The number of hydrogen-bond donors (Lipinski definition) is 2.